The maximum atomic E-state index is 12.5. The van der Waals surface area contributed by atoms with E-state index in [0.717, 1.165) is 32.4 Å². The van der Waals surface area contributed by atoms with Crippen LogP contribution in [0.15, 0.2) is 16.7 Å². The molecular weight excluding hydrogens is 244 g/mol. The molecule has 1 atom stereocenters. The van der Waals surface area contributed by atoms with Crippen molar-refractivity contribution < 1.29 is 14.0 Å². The van der Waals surface area contributed by atoms with Gasteiger partial charge in [0.2, 0.25) is 5.91 Å². The van der Waals surface area contributed by atoms with Gasteiger partial charge in [-0.15, -0.1) is 0 Å². The van der Waals surface area contributed by atoms with E-state index >= 15 is 0 Å². The largest absolute Gasteiger partial charge is 0.469 e. The molecular formula is C14H18N2O3. The topological polar surface area (TPSA) is 62.6 Å². The Morgan fingerprint density at radius 1 is 1.47 bits per heavy atom. The summed E-state index contributed by atoms with van der Waals surface area (Å²) in [5.41, 5.74) is 0.251. The Bertz CT molecular complexity index is 523. The first-order valence-electron chi connectivity index (χ1n) is 6.74. The van der Waals surface area contributed by atoms with E-state index in [1.807, 2.05) is 0 Å². The van der Waals surface area contributed by atoms with Crippen molar-refractivity contribution in [1.82, 2.24) is 10.2 Å². The highest BCUT2D eigenvalue weighted by atomic mass is 16.3. The Morgan fingerprint density at radius 2 is 2.32 bits per heavy atom. The van der Waals surface area contributed by atoms with Gasteiger partial charge >= 0.3 is 0 Å². The highest BCUT2D eigenvalue weighted by molar-refractivity contribution is 5.96. The van der Waals surface area contributed by atoms with Gasteiger partial charge in [-0.05, 0) is 32.3 Å². The number of carbonyl (C=O) groups is 2. The van der Waals surface area contributed by atoms with Gasteiger partial charge in [-0.2, -0.15) is 0 Å². The maximum Gasteiger partial charge on any atom is 0.257 e. The summed E-state index contributed by atoms with van der Waals surface area (Å²) in [7, 11) is 0. The normalized spacial score (nSPS) is 26.8. The van der Waals surface area contributed by atoms with E-state index in [-0.39, 0.29) is 17.2 Å². The lowest BCUT2D eigenvalue weighted by atomic mass is 9.78. The molecule has 0 aliphatic carbocycles. The van der Waals surface area contributed by atoms with Crippen LogP contribution in [0.1, 0.15) is 35.4 Å². The molecule has 1 aromatic heterocycles. The number of rotatable bonds is 1. The van der Waals surface area contributed by atoms with Crippen molar-refractivity contribution >= 4 is 11.8 Å². The minimum atomic E-state index is -0.356. The molecule has 0 saturated carbocycles. The molecule has 5 heteroatoms. The smallest absolute Gasteiger partial charge is 0.257 e. The summed E-state index contributed by atoms with van der Waals surface area (Å²) >= 11 is 0. The van der Waals surface area contributed by atoms with Crippen LogP contribution in [0.2, 0.25) is 0 Å². The number of hydrogen-bond acceptors (Lipinski definition) is 3. The fraction of sp³-hybridized carbons (Fsp3) is 0.571. The molecule has 3 rings (SSSR count). The van der Waals surface area contributed by atoms with Gasteiger partial charge < -0.3 is 14.6 Å². The Morgan fingerprint density at radius 3 is 2.95 bits per heavy atom. The van der Waals surface area contributed by atoms with Crippen molar-refractivity contribution in [3.63, 3.8) is 0 Å². The summed E-state index contributed by atoms with van der Waals surface area (Å²) in [6, 6.07) is 1.70. The van der Waals surface area contributed by atoms with E-state index in [1.165, 1.54) is 6.26 Å². The molecule has 1 spiro atoms. The molecule has 0 bridgehead atoms. The van der Waals surface area contributed by atoms with Crippen LogP contribution in [0.4, 0.5) is 0 Å². The fourth-order valence-electron chi connectivity index (χ4n) is 3.19. The molecule has 2 aliphatic rings. The third kappa shape index (κ3) is 1.93. The van der Waals surface area contributed by atoms with E-state index in [1.54, 1.807) is 17.9 Å². The summed E-state index contributed by atoms with van der Waals surface area (Å²) < 4.78 is 5.19. The molecule has 0 radical (unpaired) electrons. The van der Waals surface area contributed by atoms with Crippen molar-refractivity contribution in [2.75, 3.05) is 19.6 Å². The third-order valence-corrected chi connectivity index (χ3v) is 4.32. The minimum Gasteiger partial charge on any atom is -0.469 e. The molecule has 3 heterocycles. The van der Waals surface area contributed by atoms with Crippen molar-refractivity contribution in [2.45, 2.75) is 26.2 Å². The number of carbonyl (C=O) groups excluding carboxylic acids is 2. The average Bonchev–Trinajstić information content (AvgIpc) is 2.97. The zero-order valence-electron chi connectivity index (χ0n) is 11.1. The second-order valence-corrected chi connectivity index (χ2v) is 5.51. The van der Waals surface area contributed by atoms with Crippen LogP contribution in [-0.2, 0) is 4.79 Å². The van der Waals surface area contributed by atoms with Crippen LogP contribution in [0.3, 0.4) is 0 Å². The number of aryl methyl sites for hydroxylation is 1. The Balaban J connectivity index is 1.81. The molecule has 2 amide bonds. The van der Waals surface area contributed by atoms with Crippen LogP contribution in [0.5, 0.6) is 0 Å². The Labute approximate surface area is 111 Å². The van der Waals surface area contributed by atoms with Crippen LogP contribution < -0.4 is 5.32 Å². The van der Waals surface area contributed by atoms with Crippen molar-refractivity contribution in [3.05, 3.63) is 23.7 Å². The highest BCUT2D eigenvalue weighted by Crippen LogP contribution is 2.37. The van der Waals surface area contributed by atoms with E-state index in [9.17, 15) is 9.59 Å². The maximum absolute atomic E-state index is 12.5. The van der Waals surface area contributed by atoms with Gasteiger partial charge in [0.15, 0.2) is 0 Å². The van der Waals surface area contributed by atoms with Crippen molar-refractivity contribution in [3.8, 4) is 0 Å². The molecule has 102 valence electrons. The molecule has 0 unspecified atom stereocenters. The van der Waals surface area contributed by atoms with Crippen molar-refractivity contribution in [2.24, 2.45) is 5.41 Å². The number of piperidine rings is 1. The molecule has 2 aliphatic heterocycles. The van der Waals surface area contributed by atoms with Crippen LogP contribution in [0, 0.1) is 12.3 Å². The second kappa shape index (κ2) is 4.40. The molecule has 19 heavy (non-hydrogen) atoms. The van der Waals surface area contributed by atoms with Gasteiger partial charge in [0.1, 0.15) is 5.76 Å². The van der Waals surface area contributed by atoms with Crippen molar-refractivity contribution in [1.29, 1.82) is 0 Å². The first-order valence-corrected chi connectivity index (χ1v) is 6.74. The summed E-state index contributed by atoms with van der Waals surface area (Å²) in [4.78, 5) is 26.3. The summed E-state index contributed by atoms with van der Waals surface area (Å²) in [5, 5.41) is 2.89. The van der Waals surface area contributed by atoms with Gasteiger partial charge in [-0.25, -0.2) is 0 Å². The predicted octanol–water partition coefficient (Wildman–Crippen LogP) is 1.33. The summed E-state index contributed by atoms with van der Waals surface area (Å²) in [5.74, 6) is 0.722. The minimum absolute atomic E-state index is 0.0231. The van der Waals surface area contributed by atoms with E-state index in [2.05, 4.69) is 5.32 Å². The number of hydrogen-bond donors (Lipinski definition) is 1. The lowest BCUT2D eigenvalue weighted by Gasteiger charge is -2.38. The lowest BCUT2D eigenvalue weighted by molar-refractivity contribution is -0.129. The Kier molecular flexibility index (Phi) is 2.84. The monoisotopic (exact) mass is 262 g/mol. The zero-order valence-corrected chi connectivity index (χ0v) is 11.1. The number of likely N-dealkylation sites (tertiary alicyclic amines) is 1. The molecule has 1 N–H and O–H groups in total. The third-order valence-electron chi connectivity index (χ3n) is 4.32. The van der Waals surface area contributed by atoms with Crippen LogP contribution >= 0.6 is 0 Å². The molecule has 2 fully saturated rings. The fourth-order valence-corrected chi connectivity index (χ4v) is 3.19. The number of furan rings is 1. The molecule has 0 aromatic carbocycles. The average molecular weight is 262 g/mol. The lowest BCUT2D eigenvalue weighted by Crippen LogP contribution is -2.49. The number of nitrogens with zero attached hydrogens (tertiary/aromatic N) is 1. The van der Waals surface area contributed by atoms with E-state index in [0.29, 0.717) is 17.9 Å². The standard InChI is InChI=1S/C14H18N2O3/c1-10-11(3-8-19-10)12(17)16-7-2-4-14(9-16)5-6-15-13(14)18/h3,8H,2,4-7,9H2,1H3,(H,15,18)/t14-/m1/s1. The first-order chi connectivity index (χ1) is 9.12. The zero-order chi connectivity index (χ0) is 13.5. The first kappa shape index (κ1) is 12.3. The number of nitrogens with one attached hydrogen (secondary N) is 1. The number of amides is 2. The highest BCUT2D eigenvalue weighted by Gasteiger charge is 2.46. The molecule has 2 saturated heterocycles. The predicted molar refractivity (Wildman–Crippen MR) is 68.6 cm³/mol. The van der Waals surface area contributed by atoms with Crippen LogP contribution in [-0.4, -0.2) is 36.3 Å². The molecule has 1 aromatic rings. The quantitative estimate of drug-likeness (QED) is 0.830. The van der Waals surface area contributed by atoms with Gasteiger partial charge in [0.25, 0.3) is 5.91 Å². The Hall–Kier alpha value is -1.78. The van der Waals surface area contributed by atoms with Gasteiger partial charge in [-0.1, -0.05) is 0 Å². The second-order valence-electron chi connectivity index (χ2n) is 5.51. The van der Waals surface area contributed by atoms with Gasteiger partial charge in [-0.3, -0.25) is 9.59 Å². The van der Waals surface area contributed by atoms with E-state index in [4.69, 9.17) is 4.42 Å². The van der Waals surface area contributed by atoms with Gasteiger partial charge in [0, 0.05) is 19.6 Å². The van der Waals surface area contributed by atoms with E-state index < -0.39 is 0 Å². The summed E-state index contributed by atoms with van der Waals surface area (Å²) in [6.07, 6.45) is 4.13. The SMILES string of the molecule is Cc1occc1C(=O)N1CCC[C@@]2(CCNC2=O)C1. The van der Waals surface area contributed by atoms with Gasteiger partial charge in [0.05, 0.1) is 17.2 Å². The summed E-state index contributed by atoms with van der Waals surface area (Å²) in [6.45, 7) is 3.77. The van der Waals surface area contributed by atoms with Crippen LogP contribution in [0.25, 0.3) is 0 Å². The molecule has 5 nitrogen and oxygen atoms in total.